The number of nitrogens with one attached hydrogen (secondary N) is 3. The first kappa shape index (κ1) is 33.6. The molecule has 0 spiro atoms. The number of fused-ring (bicyclic) bond motifs is 1. The van der Waals surface area contributed by atoms with Crippen LogP contribution in [0.4, 0.5) is 5.69 Å². The van der Waals surface area contributed by atoms with Crippen LogP contribution in [0.3, 0.4) is 0 Å². The first-order chi connectivity index (χ1) is 22.3. The number of amides is 2. The molecule has 4 aromatic carbocycles. The average Bonchev–Trinajstić information content (AvgIpc) is 3.47. The van der Waals surface area contributed by atoms with Crippen molar-refractivity contribution in [3.05, 3.63) is 125 Å². The normalized spacial score (nSPS) is 12.5. The Morgan fingerprint density at radius 2 is 1.51 bits per heavy atom. The number of aryl methyl sites for hydroxylation is 1. The van der Waals surface area contributed by atoms with Gasteiger partial charge in [-0.3, -0.25) is 14.1 Å². The fourth-order valence-corrected chi connectivity index (χ4v) is 5.77. The fraction of sp³-hybridized carbons (Fsp3) is 0.263. The number of carbonyl (C=O) groups excluding carboxylic acids is 2. The second-order valence-corrected chi connectivity index (χ2v) is 14.7. The van der Waals surface area contributed by atoms with E-state index in [1.165, 1.54) is 5.56 Å². The summed E-state index contributed by atoms with van der Waals surface area (Å²) in [5.41, 5.74) is 7.34. The molecule has 1 atom stereocenters. The second kappa shape index (κ2) is 14.4. The average molecular weight is 652 g/mol. The molecule has 8 nitrogen and oxygen atoms in total. The molecule has 244 valence electrons. The summed E-state index contributed by atoms with van der Waals surface area (Å²) in [6.07, 6.45) is 2.42. The first-order valence-corrected chi connectivity index (χ1v) is 17.3. The monoisotopic (exact) mass is 651 g/mol. The van der Waals surface area contributed by atoms with Crippen LogP contribution in [0.1, 0.15) is 60.2 Å². The van der Waals surface area contributed by atoms with Gasteiger partial charge in [-0.15, -0.1) is 0 Å². The van der Waals surface area contributed by atoms with Gasteiger partial charge in [-0.05, 0) is 83.3 Å². The molecular weight excluding hydrogens is 611 g/mol. The van der Waals surface area contributed by atoms with E-state index >= 15 is 0 Å². The van der Waals surface area contributed by atoms with Crippen LogP contribution in [0, 0.1) is 5.41 Å². The third-order valence-corrected chi connectivity index (χ3v) is 8.88. The van der Waals surface area contributed by atoms with Crippen LogP contribution < -0.4 is 10.6 Å². The van der Waals surface area contributed by atoms with Crippen LogP contribution in [0.25, 0.3) is 22.2 Å². The maximum atomic E-state index is 13.9. The van der Waals surface area contributed by atoms with E-state index in [0.29, 0.717) is 17.7 Å². The Kier molecular flexibility index (Phi) is 10.3. The smallest absolute Gasteiger partial charge is 0.266 e. The van der Waals surface area contributed by atoms with Crippen LogP contribution in [0.2, 0.25) is 0 Å². The zero-order valence-electron chi connectivity index (χ0n) is 26.9. The lowest BCUT2D eigenvalue weighted by atomic mass is 9.87. The maximum absolute atomic E-state index is 13.9. The predicted molar refractivity (Wildman–Crippen MR) is 188 cm³/mol. The highest BCUT2D eigenvalue weighted by Crippen LogP contribution is 2.28. The van der Waals surface area contributed by atoms with Gasteiger partial charge < -0.3 is 15.6 Å². The largest absolute Gasteiger partial charge is 0.355 e. The first-order valence-electron chi connectivity index (χ1n) is 15.7. The van der Waals surface area contributed by atoms with Gasteiger partial charge in [0.05, 0.1) is 11.7 Å². The molecule has 1 aromatic heterocycles. The summed E-state index contributed by atoms with van der Waals surface area (Å²) in [6, 6.07) is 33.1. The lowest BCUT2D eigenvalue weighted by molar-refractivity contribution is -0.117. The van der Waals surface area contributed by atoms with E-state index < -0.39 is 27.7 Å². The molecule has 1 unspecified atom stereocenters. The molecule has 5 rings (SSSR count). The number of hydrogen-bond acceptors (Lipinski definition) is 4. The summed E-state index contributed by atoms with van der Waals surface area (Å²) in [5.74, 6) is -1.64. The predicted octanol–water partition coefficient (Wildman–Crippen LogP) is 7.40. The van der Waals surface area contributed by atoms with Crippen molar-refractivity contribution < 1.29 is 22.6 Å². The number of H-pyrrole nitrogens is 1. The maximum Gasteiger partial charge on any atom is 0.266 e. The Labute approximate surface area is 276 Å². The summed E-state index contributed by atoms with van der Waals surface area (Å²) in [4.78, 5) is 29.7. The molecule has 1 heterocycles. The van der Waals surface area contributed by atoms with Gasteiger partial charge >= 0.3 is 0 Å². The van der Waals surface area contributed by atoms with Gasteiger partial charge in [-0.25, -0.2) is 0 Å². The van der Waals surface area contributed by atoms with Crippen LogP contribution in [0.15, 0.2) is 103 Å². The summed E-state index contributed by atoms with van der Waals surface area (Å²) >= 11 is 0. The van der Waals surface area contributed by atoms with E-state index in [9.17, 15) is 18.0 Å². The van der Waals surface area contributed by atoms with Crippen molar-refractivity contribution in [2.45, 2.75) is 46.0 Å². The highest BCUT2D eigenvalue weighted by molar-refractivity contribution is 7.85. The summed E-state index contributed by atoms with van der Waals surface area (Å²) in [5, 5.41) is 6.73. The van der Waals surface area contributed by atoms with Crippen LogP contribution in [-0.4, -0.2) is 42.1 Å². The number of benzene rings is 4. The minimum absolute atomic E-state index is 0.141. The van der Waals surface area contributed by atoms with E-state index in [-0.39, 0.29) is 17.9 Å². The van der Waals surface area contributed by atoms with Gasteiger partial charge in [-0.2, -0.15) is 8.42 Å². The van der Waals surface area contributed by atoms with E-state index in [2.05, 4.69) is 60.7 Å². The Bertz CT molecular complexity index is 1910. The van der Waals surface area contributed by atoms with Gasteiger partial charge in [0.25, 0.3) is 16.0 Å². The van der Waals surface area contributed by atoms with Gasteiger partial charge in [0.2, 0.25) is 5.91 Å². The van der Waals surface area contributed by atoms with E-state index in [1.807, 2.05) is 54.6 Å². The molecule has 0 aliphatic rings. The van der Waals surface area contributed by atoms with Gasteiger partial charge in [0, 0.05) is 34.4 Å². The van der Waals surface area contributed by atoms with Crippen molar-refractivity contribution in [3.8, 4) is 11.3 Å². The number of carbonyl (C=O) groups is 2. The van der Waals surface area contributed by atoms with Gasteiger partial charge in [-0.1, -0.05) is 87.5 Å². The topological polar surface area (TPSA) is 128 Å². The Morgan fingerprint density at radius 1 is 0.851 bits per heavy atom. The molecule has 9 heteroatoms. The second-order valence-electron chi connectivity index (χ2n) is 13.1. The summed E-state index contributed by atoms with van der Waals surface area (Å²) in [7, 11) is -4.17. The summed E-state index contributed by atoms with van der Waals surface area (Å²) in [6.45, 7) is 6.48. The molecule has 5 aromatic rings. The lowest BCUT2D eigenvalue weighted by Gasteiger charge is -2.20. The van der Waals surface area contributed by atoms with Crippen LogP contribution in [0.5, 0.6) is 0 Å². The standard InChI is InChI=1S/C38H41N3O5S/c1-38(2,3)21-20-26-8-12-28(13-9-26)33(24-27-10-14-30(15-11-27)36(42)39-22-23-47(44,45)46)37(43)40-32-18-16-29(17-19-32)35-25-31-6-4-5-7-34(31)41-35/h4-19,25,33,41H,20-24H2,1-3H3,(H,39,42)(H,40,43)(H,44,45,46). The van der Waals surface area contributed by atoms with Gasteiger partial charge in [0.15, 0.2) is 0 Å². The van der Waals surface area contributed by atoms with E-state index in [0.717, 1.165) is 46.1 Å². The lowest BCUT2D eigenvalue weighted by Crippen LogP contribution is -2.28. The highest BCUT2D eigenvalue weighted by atomic mass is 32.2. The molecule has 0 fully saturated rings. The third-order valence-electron chi connectivity index (χ3n) is 8.16. The number of aromatic nitrogens is 1. The molecule has 0 saturated carbocycles. The highest BCUT2D eigenvalue weighted by Gasteiger charge is 2.22. The molecular formula is C38H41N3O5S. The van der Waals surface area contributed by atoms with Gasteiger partial charge in [0.1, 0.15) is 0 Å². The molecule has 0 bridgehead atoms. The SMILES string of the molecule is CC(C)(C)CCc1ccc(C(Cc2ccc(C(=O)NCCS(=O)(=O)O)cc2)C(=O)Nc2ccc(-c3cc4ccccc4[nH]3)cc2)cc1. The van der Waals surface area contributed by atoms with Crippen molar-refractivity contribution in [1.82, 2.24) is 10.3 Å². The molecule has 0 aliphatic carbocycles. The van der Waals surface area contributed by atoms with Crippen molar-refractivity contribution in [2.75, 3.05) is 17.6 Å². The van der Waals surface area contributed by atoms with Crippen LogP contribution >= 0.6 is 0 Å². The minimum Gasteiger partial charge on any atom is -0.355 e. The quantitative estimate of drug-likeness (QED) is 0.105. The third kappa shape index (κ3) is 9.64. The van der Waals surface area contributed by atoms with E-state index in [4.69, 9.17) is 4.55 Å². The van der Waals surface area contributed by atoms with Crippen molar-refractivity contribution in [1.29, 1.82) is 0 Å². The number of rotatable bonds is 12. The Balaban J connectivity index is 1.32. The Hall–Kier alpha value is -4.73. The molecule has 0 saturated heterocycles. The molecule has 4 N–H and O–H groups in total. The van der Waals surface area contributed by atoms with Crippen molar-refractivity contribution in [2.24, 2.45) is 5.41 Å². The molecule has 0 aliphatic heterocycles. The minimum atomic E-state index is -4.17. The fourth-order valence-electron chi connectivity index (χ4n) is 5.41. The van der Waals surface area contributed by atoms with Crippen molar-refractivity contribution >= 4 is 38.5 Å². The van der Waals surface area contributed by atoms with Crippen LogP contribution in [-0.2, 0) is 27.8 Å². The Morgan fingerprint density at radius 3 is 2.15 bits per heavy atom. The number of aromatic amines is 1. The van der Waals surface area contributed by atoms with E-state index in [1.54, 1.807) is 24.3 Å². The number of hydrogen-bond donors (Lipinski definition) is 4. The number of para-hydroxylation sites is 1. The van der Waals surface area contributed by atoms with Crippen molar-refractivity contribution in [3.63, 3.8) is 0 Å². The molecule has 2 amide bonds. The zero-order valence-corrected chi connectivity index (χ0v) is 27.7. The molecule has 47 heavy (non-hydrogen) atoms. The summed E-state index contributed by atoms with van der Waals surface area (Å²) < 4.78 is 30.8. The zero-order chi connectivity index (χ0) is 33.6. The number of anilines is 1. The molecule has 0 radical (unpaired) electrons.